The van der Waals surface area contributed by atoms with Gasteiger partial charge < -0.3 is 5.32 Å². The van der Waals surface area contributed by atoms with Gasteiger partial charge in [0.15, 0.2) is 11.0 Å². The fraction of sp³-hybridized carbons (Fsp3) is 0.391. The molecule has 0 spiro atoms. The van der Waals surface area contributed by atoms with Gasteiger partial charge >= 0.3 is 0 Å². The number of benzene rings is 1. The molecule has 2 aromatic heterocycles. The summed E-state index contributed by atoms with van der Waals surface area (Å²) in [4.78, 5) is 16.6. The summed E-state index contributed by atoms with van der Waals surface area (Å²) in [5.41, 5.74) is 2.07. The molecular weight excluding hydrogens is 394 g/mol. The summed E-state index contributed by atoms with van der Waals surface area (Å²) in [6, 6.07) is 14.1. The quantitative estimate of drug-likeness (QED) is 0.553. The van der Waals surface area contributed by atoms with E-state index in [-0.39, 0.29) is 5.91 Å². The van der Waals surface area contributed by atoms with Gasteiger partial charge in [0.2, 0.25) is 5.91 Å². The number of hydrogen-bond donors (Lipinski definition) is 1. The number of carbonyl (C=O) groups excluding carboxylic acids is 1. The van der Waals surface area contributed by atoms with E-state index in [1.807, 2.05) is 30.3 Å². The normalized spacial score (nSPS) is 14.5. The molecule has 1 aliphatic rings. The van der Waals surface area contributed by atoms with Crippen molar-refractivity contribution in [1.29, 1.82) is 0 Å². The van der Waals surface area contributed by atoms with Crippen molar-refractivity contribution >= 4 is 17.7 Å². The Kier molecular flexibility index (Phi) is 7.13. The SMILES string of the molecule is O=C(CSc1nnc(-c2cccnc2)n1Cc1ccccc1)NCC1CCCCC1. The second kappa shape index (κ2) is 10.4. The topological polar surface area (TPSA) is 72.7 Å². The van der Waals surface area contributed by atoms with Crippen LogP contribution in [-0.2, 0) is 11.3 Å². The first-order valence-corrected chi connectivity index (χ1v) is 11.5. The molecular formula is C23H27N5OS. The molecule has 0 unspecified atom stereocenters. The highest BCUT2D eigenvalue weighted by atomic mass is 32.2. The van der Waals surface area contributed by atoms with Crippen LogP contribution in [0.2, 0.25) is 0 Å². The van der Waals surface area contributed by atoms with Gasteiger partial charge in [0, 0.05) is 24.5 Å². The van der Waals surface area contributed by atoms with Gasteiger partial charge in [-0.1, -0.05) is 61.4 Å². The molecule has 1 saturated carbocycles. The van der Waals surface area contributed by atoms with Gasteiger partial charge in [-0.05, 0) is 36.5 Å². The summed E-state index contributed by atoms with van der Waals surface area (Å²) >= 11 is 1.43. The van der Waals surface area contributed by atoms with Crippen molar-refractivity contribution in [3.05, 3.63) is 60.4 Å². The molecule has 1 amide bonds. The summed E-state index contributed by atoms with van der Waals surface area (Å²) in [6.45, 7) is 1.43. The fourth-order valence-electron chi connectivity index (χ4n) is 3.84. The predicted molar refractivity (Wildman–Crippen MR) is 119 cm³/mol. The summed E-state index contributed by atoms with van der Waals surface area (Å²) in [5, 5.41) is 12.6. The maximum absolute atomic E-state index is 12.4. The van der Waals surface area contributed by atoms with E-state index in [0.29, 0.717) is 18.2 Å². The third-order valence-electron chi connectivity index (χ3n) is 5.47. The van der Waals surface area contributed by atoms with Crippen LogP contribution in [0.3, 0.4) is 0 Å². The number of amides is 1. The molecule has 1 aliphatic carbocycles. The number of aromatic nitrogens is 4. The third kappa shape index (κ3) is 5.48. The number of hydrogen-bond acceptors (Lipinski definition) is 5. The molecule has 30 heavy (non-hydrogen) atoms. The van der Waals surface area contributed by atoms with Crippen LogP contribution in [0.1, 0.15) is 37.7 Å². The van der Waals surface area contributed by atoms with E-state index in [0.717, 1.165) is 28.7 Å². The smallest absolute Gasteiger partial charge is 0.230 e. The van der Waals surface area contributed by atoms with Crippen molar-refractivity contribution in [1.82, 2.24) is 25.1 Å². The fourth-order valence-corrected chi connectivity index (χ4v) is 4.61. The molecule has 0 saturated heterocycles. The molecule has 0 radical (unpaired) electrons. The maximum atomic E-state index is 12.4. The van der Waals surface area contributed by atoms with Crippen molar-refractivity contribution in [2.45, 2.75) is 43.8 Å². The summed E-state index contributed by atoms with van der Waals surface area (Å²) in [5.74, 6) is 1.79. The van der Waals surface area contributed by atoms with E-state index in [9.17, 15) is 4.79 Å². The van der Waals surface area contributed by atoms with Crippen molar-refractivity contribution in [3.8, 4) is 11.4 Å². The Morgan fingerprint density at radius 3 is 2.67 bits per heavy atom. The van der Waals surface area contributed by atoms with E-state index in [1.165, 1.54) is 43.9 Å². The molecule has 0 bridgehead atoms. The van der Waals surface area contributed by atoms with Gasteiger partial charge in [0.05, 0.1) is 12.3 Å². The lowest BCUT2D eigenvalue weighted by atomic mass is 9.89. The van der Waals surface area contributed by atoms with E-state index >= 15 is 0 Å². The summed E-state index contributed by atoms with van der Waals surface area (Å²) in [6.07, 6.45) is 9.89. The Bertz CT molecular complexity index is 939. The van der Waals surface area contributed by atoms with Crippen molar-refractivity contribution < 1.29 is 4.79 Å². The first kappa shape index (κ1) is 20.6. The van der Waals surface area contributed by atoms with Crippen LogP contribution in [-0.4, -0.2) is 38.0 Å². The average Bonchev–Trinajstić information content (AvgIpc) is 3.20. The van der Waals surface area contributed by atoms with Gasteiger partial charge in [-0.2, -0.15) is 0 Å². The first-order valence-electron chi connectivity index (χ1n) is 10.6. The van der Waals surface area contributed by atoms with Gasteiger partial charge in [-0.15, -0.1) is 10.2 Å². The minimum atomic E-state index is 0.0581. The van der Waals surface area contributed by atoms with Crippen LogP contribution >= 0.6 is 11.8 Å². The second-order valence-electron chi connectivity index (χ2n) is 7.72. The number of nitrogens with one attached hydrogen (secondary N) is 1. The summed E-state index contributed by atoms with van der Waals surface area (Å²) in [7, 11) is 0. The molecule has 0 atom stereocenters. The molecule has 1 aromatic carbocycles. The molecule has 7 heteroatoms. The second-order valence-corrected chi connectivity index (χ2v) is 8.66. The highest BCUT2D eigenvalue weighted by Gasteiger charge is 2.18. The zero-order chi connectivity index (χ0) is 20.6. The Balaban J connectivity index is 1.44. The molecule has 156 valence electrons. The van der Waals surface area contributed by atoms with Crippen LogP contribution in [0.15, 0.2) is 60.0 Å². The third-order valence-corrected chi connectivity index (χ3v) is 6.43. The van der Waals surface area contributed by atoms with Crippen molar-refractivity contribution in [3.63, 3.8) is 0 Å². The van der Waals surface area contributed by atoms with Gasteiger partial charge in [0.1, 0.15) is 0 Å². The minimum Gasteiger partial charge on any atom is -0.355 e. The van der Waals surface area contributed by atoms with E-state index in [2.05, 4.69) is 37.2 Å². The Hall–Kier alpha value is -2.67. The van der Waals surface area contributed by atoms with E-state index in [4.69, 9.17) is 0 Å². The molecule has 2 heterocycles. The Morgan fingerprint density at radius 2 is 1.90 bits per heavy atom. The van der Waals surface area contributed by atoms with Crippen LogP contribution in [0.5, 0.6) is 0 Å². The van der Waals surface area contributed by atoms with Crippen molar-refractivity contribution in [2.24, 2.45) is 5.92 Å². The van der Waals surface area contributed by atoms with Crippen LogP contribution in [0.25, 0.3) is 11.4 Å². The van der Waals surface area contributed by atoms with E-state index in [1.54, 1.807) is 12.4 Å². The Labute approximate surface area is 181 Å². The van der Waals surface area contributed by atoms with Crippen molar-refractivity contribution in [2.75, 3.05) is 12.3 Å². The van der Waals surface area contributed by atoms with Crippen LogP contribution in [0.4, 0.5) is 0 Å². The van der Waals surface area contributed by atoms with Gasteiger partial charge in [0.25, 0.3) is 0 Å². The van der Waals surface area contributed by atoms with Gasteiger partial charge in [-0.25, -0.2) is 0 Å². The lowest BCUT2D eigenvalue weighted by Crippen LogP contribution is -2.31. The number of pyridine rings is 1. The van der Waals surface area contributed by atoms with Gasteiger partial charge in [-0.3, -0.25) is 14.3 Å². The van der Waals surface area contributed by atoms with E-state index < -0.39 is 0 Å². The lowest BCUT2D eigenvalue weighted by Gasteiger charge is -2.21. The molecule has 0 aliphatic heterocycles. The minimum absolute atomic E-state index is 0.0581. The maximum Gasteiger partial charge on any atom is 0.230 e. The molecule has 6 nitrogen and oxygen atoms in total. The number of thioether (sulfide) groups is 1. The van der Waals surface area contributed by atoms with Crippen LogP contribution < -0.4 is 5.32 Å². The molecule has 1 fully saturated rings. The molecule has 3 aromatic rings. The highest BCUT2D eigenvalue weighted by Crippen LogP contribution is 2.25. The first-order chi connectivity index (χ1) is 14.8. The highest BCUT2D eigenvalue weighted by molar-refractivity contribution is 7.99. The molecule has 1 N–H and O–H groups in total. The Morgan fingerprint density at radius 1 is 1.07 bits per heavy atom. The summed E-state index contributed by atoms with van der Waals surface area (Å²) < 4.78 is 2.06. The standard InChI is InChI=1S/C23H27N5OS/c29-21(25-14-18-8-3-1-4-9-18)17-30-23-27-26-22(20-12-7-13-24-15-20)28(23)16-19-10-5-2-6-11-19/h2,5-7,10-13,15,18H,1,3-4,8-9,14,16-17H2,(H,25,29). The zero-order valence-electron chi connectivity index (χ0n) is 17.0. The predicted octanol–water partition coefficient (Wildman–Crippen LogP) is 4.18. The van der Waals surface area contributed by atoms with Crippen LogP contribution in [0, 0.1) is 5.92 Å². The molecule has 4 rings (SSSR count). The number of nitrogens with zero attached hydrogens (tertiary/aromatic N) is 4. The monoisotopic (exact) mass is 421 g/mol. The number of rotatable bonds is 8. The lowest BCUT2D eigenvalue weighted by molar-refractivity contribution is -0.118. The average molecular weight is 422 g/mol. The zero-order valence-corrected chi connectivity index (χ0v) is 17.9. The number of carbonyl (C=O) groups is 1. The largest absolute Gasteiger partial charge is 0.355 e.